The van der Waals surface area contributed by atoms with Gasteiger partial charge in [-0.15, -0.1) is 11.3 Å². The number of nitrogens with zero attached hydrogens (tertiary/aromatic N) is 2. The van der Waals surface area contributed by atoms with Crippen molar-refractivity contribution in [2.45, 2.75) is 33.2 Å². The van der Waals surface area contributed by atoms with Crippen molar-refractivity contribution in [3.8, 4) is 0 Å². The van der Waals surface area contributed by atoms with Crippen LogP contribution in [0.25, 0.3) is 0 Å². The van der Waals surface area contributed by atoms with Crippen molar-refractivity contribution < 1.29 is 0 Å². The molecule has 0 aliphatic carbocycles. The van der Waals surface area contributed by atoms with Crippen molar-refractivity contribution in [3.05, 3.63) is 16.1 Å². The van der Waals surface area contributed by atoms with Gasteiger partial charge in [0.2, 0.25) is 0 Å². The normalized spacial score (nSPS) is 17.8. The summed E-state index contributed by atoms with van der Waals surface area (Å²) in [5, 5.41) is 4.61. The molecule has 0 saturated carbocycles. The first-order valence-corrected chi connectivity index (χ1v) is 7.44. The van der Waals surface area contributed by atoms with Crippen LogP contribution >= 0.6 is 11.3 Å². The molecule has 17 heavy (non-hydrogen) atoms. The fourth-order valence-electron chi connectivity index (χ4n) is 2.43. The smallest absolute Gasteiger partial charge is 0.0897 e. The molecule has 4 heteroatoms. The molecule has 0 bridgehead atoms. The number of piperidine rings is 1. The molecule has 0 atom stereocenters. The number of aryl methyl sites for hydroxylation is 1. The van der Waals surface area contributed by atoms with Crippen LogP contribution in [0.2, 0.25) is 0 Å². The van der Waals surface area contributed by atoms with E-state index < -0.39 is 0 Å². The van der Waals surface area contributed by atoms with E-state index in [1.54, 1.807) is 0 Å². The highest BCUT2D eigenvalue weighted by atomic mass is 32.1. The second kappa shape index (κ2) is 6.47. The molecule has 0 unspecified atom stereocenters. The first-order valence-electron chi connectivity index (χ1n) is 6.62. The van der Waals surface area contributed by atoms with Gasteiger partial charge in [0, 0.05) is 24.2 Å². The monoisotopic (exact) mass is 253 g/mol. The molecule has 1 N–H and O–H groups in total. The summed E-state index contributed by atoms with van der Waals surface area (Å²) in [4.78, 5) is 8.29. The lowest BCUT2D eigenvalue weighted by molar-refractivity contribution is 0.208. The Morgan fingerprint density at radius 2 is 2.24 bits per heavy atom. The van der Waals surface area contributed by atoms with Crippen molar-refractivity contribution in [1.82, 2.24) is 15.2 Å². The lowest BCUT2D eigenvalue weighted by Gasteiger charge is -2.28. The molecule has 1 aliphatic heterocycles. The van der Waals surface area contributed by atoms with Gasteiger partial charge in [-0.2, -0.15) is 0 Å². The topological polar surface area (TPSA) is 28.2 Å². The van der Waals surface area contributed by atoms with Crippen LogP contribution < -0.4 is 5.32 Å². The molecule has 0 amide bonds. The molecule has 1 fully saturated rings. The van der Waals surface area contributed by atoms with Gasteiger partial charge in [0.15, 0.2) is 0 Å². The fourth-order valence-corrected chi connectivity index (χ4v) is 3.27. The van der Waals surface area contributed by atoms with Gasteiger partial charge in [-0.25, -0.2) is 4.98 Å². The number of hydrogen-bond donors (Lipinski definition) is 1. The van der Waals surface area contributed by atoms with Gasteiger partial charge in [-0.05, 0) is 45.3 Å². The first kappa shape index (κ1) is 13.0. The summed E-state index contributed by atoms with van der Waals surface area (Å²) in [5.41, 5.74) is 0. The molecule has 1 aromatic rings. The summed E-state index contributed by atoms with van der Waals surface area (Å²) in [6.07, 6.45) is 4.70. The lowest BCUT2D eigenvalue weighted by Crippen LogP contribution is -2.35. The van der Waals surface area contributed by atoms with Crippen LogP contribution in [0.15, 0.2) is 6.20 Å². The Labute approximate surface area is 108 Å². The molecule has 0 radical (unpaired) electrons. The molecule has 1 aromatic heterocycles. The summed E-state index contributed by atoms with van der Waals surface area (Å²) in [6.45, 7) is 10.2. The Bertz CT molecular complexity index is 331. The number of hydrogen-bond acceptors (Lipinski definition) is 4. The Hall–Kier alpha value is -0.450. The Balaban J connectivity index is 1.83. The van der Waals surface area contributed by atoms with E-state index in [0.717, 1.165) is 19.0 Å². The van der Waals surface area contributed by atoms with Crippen molar-refractivity contribution in [2.24, 2.45) is 5.92 Å². The number of thiazole rings is 1. The zero-order chi connectivity index (χ0) is 12.1. The molecule has 2 rings (SSSR count). The SMILES string of the molecule is CCN(Cc1cnc(C)s1)CC1CCNCC1. The fraction of sp³-hybridized carbons (Fsp3) is 0.769. The highest BCUT2D eigenvalue weighted by molar-refractivity contribution is 7.11. The predicted octanol–water partition coefficient (Wildman–Crippen LogP) is 2.27. The quantitative estimate of drug-likeness (QED) is 0.872. The van der Waals surface area contributed by atoms with Crippen LogP contribution in [0.1, 0.15) is 29.7 Å². The molecule has 1 saturated heterocycles. The maximum absolute atomic E-state index is 4.33. The molecule has 0 spiro atoms. The Morgan fingerprint density at radius 1 is 1.47 bits per heavy atom. The van der Waals surface area contributed by atoms with E-state index in [1.807, 2.05) is 17.5 Å². The van der Waals surface area contributed by atoms with E-state index in [0.29, 0.717) is 0 Å². The van der Waals surface area contributed by atoms with E-state index in [1.165, 1.54) is 42.4 Å². The van der Waals surface area contributed by atoms with Crippen LogP contribution in [-0.2, 0) is 6.54 Å². The summed E-state index contributed by atoms with van der Waals surface area (Å²) in [5.74, 6) is 0.880. The molecule has 0 aromatic carbocycles. The molecular weight excluding hydrogens is 230 g/mol. The summed E-state index contributed by atoms with van der Waals surface area (Å²) < 4.78 is 0. The zero-order valence-corrected chi connectivity index (χ0v) is 11.7. The van der Waals surface area contributed by atoms with Gasteiger partial charge in [-0.1, -0.05) is 6.92 Å². The van der Waals surface area contributed by atoms with Crippen LogP contribution in [0.3, 0.4) is 0 Å². The third kappa shape index (κ3) is 4.05. The van der Waals surface area contributed by atoms with Gasteiger partial charge in [-0.3, -0.25) is 4.90 Å². The third-order valence-corrected chi connectivity index (χ3v) is 4.37. The van der Waals surface area contributed by atoms with Crippen molar-refractivity contribution in [2.75, 3.05) is 26.2 Å². The highest BCUT2D eigenvalue weighted by Gasteiger charge is 2.16. The van der Waals surface area contributed by atoms with Gasteiger partial charge in [0.1, 0.15) is 0 Å². The summed E-state index contributed by atoms with van der Waals surface area (Å²) in [7, 11) is 0. The molecule has 3 nitrogen and oxygen atoms in total. The Kier molecular flexibility index (Phi) is 4.95. The maximum atomic E-state index is 4.33. The highest BCUT2D eigenvalue weighted by Crippen LogP contribution is 2.18. The van der Waals surface area contributed by atoms with Gasteiger partial charge < -0.3 is 5.32 Å². The average molecular weight is 253 g/mol. The maximum Gasteiger partial charge on any atom is 0.0897 e. The molecule has 1 aliphatic rings. The van der Waals surface area contributed by atoms with E-state index >= 15 is 0 Å². The zero-order valence-electron chi connectivity index (χ0n) is 10.9. The van der Waals surface area contributed by atoms with E-state index in [2.05, 4.69) is 29.0 Å². The third-order valence-electron chi connectivity index (χ3n) is 3.47. The minimum Gasteiger partial charge on any atom is -0.317 e. The van der Waals surface area contributed by atoms with Crippen LogP contribution in [0, 0.1) is 12.8 Å². The lowest BCUT2D eigenvalue weighted by atomic mass is 9.97. The van der Waals surface area contributed by atoms with Crippen LogP contribution in [0.4, 0.5) is 0 Å². The number of rotatable bonds is 5. The largest absolute Gasteiger partial charge is 0.317 e. The second-order valence-electron chi connectivity index (χ2n) is 4.87. The molecule has 2 heterocycles. The second-order valence-corrected chi connectivity index (χ2v) is 6.19. The minimum absolute atomic E-state index is 0.880. The number of nitrogens with one attached hydrogen (secondary N) is 1. The standard InChI is InChI=1S/C13H23N3S/c1-3-16(9-12-4-6-14-7-5-12)10-13-8-15-11(2)17-13/h8,12,14H,3-7,9-10H2,1-2H3. The van der Waals surface area contributed by atoms with Gasteiger partial charge in [0.05, 0.1) is 5.01 Å². The summed E-state index contributed by atoms with van der Waals surface area (Å²) >= 11 is 1.83. The molecular formula is C13H23N3S. The van der Waals surface area contributed by atoms with Crippen LogP contribution in [-0.4, -0.2) is 36.1 Å². The van der Waals surface area contributed by atoms with E-state index in [9.17, 15) is 0 Å². The minimum atomic E-state index is 0.880. The predicted molar refractivity (Wildman–Crippen MR) is 73.4 cm³/mol. The first-order chi connectivity index (χ1) is 8.28. The van der Waals surface area contributed by atoms with E-state index in [-0.39, 0.29) is 0 Å². The van der Waals surface area contributed by atoms with Crippen LogP contribution in [0.5, 0.6) is 0 Å². The van der Waals surface area contributed by atoms with Gasteiger partial charge >= 0.3 is 0 Å². The van der Waals surface area contributed by atoms with Crippen molar-refractivity contribution in [1.29, 1.82) is 0 Å². The Morgan fingerprint density at radius 3 is 2.82 bits per heavy atom. The van der Waals surface area contributed by atoms with Gasteiger partial charge in [0.25, 0.3) is 0 Å². The molecule has 96 valence electrons. The van der Waals surface area contributed by atoms with E-state index in [4.69, 9.17) is 0 Å². The van der Waals surface area contributed by atoms with Crippen molar-refractivity contribution in [3.63, 3.8) is 0 Å². The summed E-state index contributed by atoms with van der Waals surface area (Å²) in [6, 6.07) is 0. The average Bonchev–Trinajstić information content (AvgIpc) is 2.75. The number of aromatic nitrogens is 1. The van der Waals surface area contributed by atoms with Crippen molar-refractivity contribution >= 4 is 11.3 Å².